The van der Waals surface area contributed by atoms with Gasteiger partial charge >= 0.3 is 6.18 Å². The first-order valence-corrected chi connectivity index (χ1v) is 10.7. The number of rotatable bonds is 7. The molecule has 0 unspecified atom stereocenters. The second-order valence-corrected chi connectivity index (χ2v) is 8.24. The van der Waals surface area contributed by atoms with Crippen molar-refractivity contribution in [3.8, 4) is 17.2 Å². The first-order chi connectivity index (χ1) is 16.6. The van der Waals surface area contributed by atoms with Gasteiger partial charge in [0, 0.05) is 11.8 Å². The Hall–Kier alpha value is -3.86. The normalized spacial score (nSPS) is 14.2. The Morgan fingerprint density at radius 3 is 2.51 bits per heavy atom. The van der Waals surface area contributed by atoms with Crippen LogP contribution in [0.1, 0.15) is 34.5 Å². The van der Waals surface area contributed by atoms with E-state index < -0.39 is 34.7 Å². The van der Waals surface area contributed by atoms with Gasteiger partial charge in [-0.25, -0.2) is 4.98 Å². The van der Waals surface area contributed by atoms with E-state index in [1.165, 1.54) is 36.7 Å². The highest BCUT2D eigenvalue weighted by Crippen LogP contribution is 2.40. The monoisotopic (exact) mass is 506 g/mol. The van der Waals surface area contributed by atoms with Gasteiger partial charge in [-0.1, -0.05) is 11.6 Å². The highest BCUT2D eigenvalue weighted by atomic mass is 35.5. The van der Waals surface area contributed by atoms with Crippen LogP contribution >= 0.6 is 11.6 Å². The first-order valence-electron chi connectivity index (χ1n) is 10.3. The van der Waals surface area contributed by atoms with E-state index in [1.807, 2.05) is 0 Å². The molecule has 35 heavy (non-hydrogen) atoms. The SMILES string of the molecule is O=C(NC1(C(=O)NCc2ccc(Oc3ccc(O)cc3C(F)(F)F)cn2)CC1)c1ccnc(Cl)c1. The number of ether oxygens (including phenoxy) is 1. The van der Waals surface area contributed by atoms with Crippen LogP contribution in [0.2, 0.25) is 5.15 Å². The van der Waals surface area contributed by atoms with E-state index in [0.717, 1.165) is 12.1 Å². The van der Waals surface area contributed by atoms with Crippen molar-refractivity contribution in [2.45, 2.75) is 31.1 Å². The number of phenolic OH excluding ortho intramolecular Hbond substituents is 1. The van der Waals surface area contributed by atoms with Gasteiger partial charge in [0.1, 0.15) is 33.5 Å². The number of nitrogens with one attached hydrogen (secondary N) is 2. The number of hydrogen-bond donors (Lipinski definition) is 3. The average molecular weight is 507 g/mol. The van der Waals surface area contributed by atoms with E-state index in [-0.39, 0.29) is 28.9 Å². The predicted molar refractivity (Wildman–Crippen MR) is 118 cm³/mol. The van der Waals surface area contributed by atoms with E-state index in [1.54, 1.807) is 0 Å². The average Bonchev–Trinajstić information content (AvgIpc) is 3.59. The quantitative estimate of drug-likeness (QED) is 0.413. The number of amides is 2. The van der Waals surface area contributed by atoms with Crippen LogP contribution in [-0.4, -0.2) is 32.4 Å². The van der Waals surface area contributed by atoms with Gasteiger partial charge in [0.25, 0.3) is 5.91 Å². The van der Waals surface area contributed by atoms with Crippen LogP contribution in [0.25, 0.3) is 0 Å². The molecule has 3 N–H and O–H groups in total. The van der Waals surface area contributed by atoms with E-state index in [4.69, 9.17) is 16.3 Å². The molecule has 1 saturated carbocycles. The highest BCUT2D eigenvalue weighted by molar-refractivity contribution is 6.29. The molecule has 1 fully saturated rings. The molecular formula is C23H18ClF3N4O4. The standard InChI is InChI=1S/C23H18ClF3N4O4/c24-19-9-13(5-8-28-19)20(33)31-22(6-7-22)21(34)30-11-14-1-3-16(12-29-14)35-18-4-2-15(32)10-17(18)23(25,26)27/h1-5,8-10,12,32H,6-7,11H2,(H,30,34)(H,31,33). The Morgan fingerprint density at radius 2 is 1.89 bits per heavy atom. The summed E-state index contributed by atoms with van der Waals surface area (Å²) < 4.78 is 44.8. The van der Waals surface area contributed by atoms with Crippen LogP contribution in [0.3, 0.4) is 0 Å². The zero-order valence-corrected chi connectivity index (χ0v) is 18.7. The third-order valence-electron chi connectivity index (χ3n) is 5.25. The van der Waals surface area contributed by atoms with Crippen molar-refractivity contribution >= 4 is 23.4 Å². The van der Waals surface area contributed by atoms with Crippen molar-refractivity contribution in [3.05, 3.63) is 76.8 Å². The number of alkyl halides is 3. The Kier molecular flexibility index (Phi) is 6.53. The zero-order valence-electron chi connectivity index (χ0n) is 17.9. The van der Waals surface area contributed by atoms with Crippen LogP contribution in [0.15, 0.2) is 54.9 Å². The van der Waals surface area contributed by atoms with Gasteiger partial charge in [0.15, 0.2) is 0 Å². The number of halogens is 4. The third kappa shape index (κ3) is 5.80. The molecule has 182 valence electrons. The van der Waals surface area contributed by atoms with Crippen LogP contribution in [0, 0.1) is 0 Å². The molecule has 8 nitrogen and oxygen atoms in total. The van der Waals surface area contributed by atoms with Crippen molar-refractivity contribution in [3.63, 3.8) is 0 Å². The number of nitrogens with zero attached hydrogens (tertiary/aromatic N) is 2. The maximum Gasteiger partial charge on any atom is 0.420 e. The molecule has 3 aromatic rings. The van der Waals surface area contributed by atoms with Gasteiger partial charge < -0.3 is 20.5 Å². The largest absolute Gasteiger partial charge is 0.508 e. The molecule has 0 saturated heterocycles. The molecule has 2 heterocycles. The number of carbonyl (C=O) groups excluding carboxylic acids is 2. The topological polar surface area (TPSA) is 113 Å². The lowest BCUT2D eigenvalue weighted by Crippen LogP contribution is -2.48. The van der Waals surface area contributed by atoms with Crippen molar-refractivity contribution < 1.29 is 32.6 Å². The number of hydrogen-bond acceptors (Lipinski definition) is 6. The highest BCUT2D eigenvalue weighted by Gasteiger charge is 2.51. The molecule has 0 radical (unpaired) electrons. The number of benzene rings is 1. The van der Waals surface area contributed by atoms with Crippen LogP contribution in [-0.2, 0) is 17.5 Å². The molecule has 1 aromatic carbocycles. The summed E-state index contributed by atoms with van der Waals surface area (Å²) in [6.07, 6.45) is -1.17. The van der Waals surface area contributed by atoms with E-state index in [9.17, 15) is 27.9 Å². The first kappa shape index (κ1) is 24.3. The summed E-state index contributed by atoms with van der Waals surface area (Å²) in [6, 6.07) is 8.44. The predicted octanol–water partition coefficient (Wildman–Crippen LogP) is 4.23. The lowest BCUT2D eigenvalue weighted by molar-refractivity contribution is -0.138. The second kappa shape index (κ2) is 9.41. The van der Waals surface area contributed by atoms with Crippen LogP contribution in [0.5, 0.6) is 17.2 Å². The van der Waals surface area contributed by atoms with Crippen LogP contribution in [0.4, 0.5) is 13.2 Å². The maximum absolute atomic E-state index is 13.2. The van der Waals surface area contributed by atoms with Gasteiger partial charge in [0.2, 0.25) is 5.91 Å². The van der Waals surface area contributed by atoms with Crippen LogP contribution < -0.4 is 15.4 Å². The minimum atomic E-state index is -4.72. The summed E-state index contributed by atoms with van der Waals surface area (Å²) in [5.41, 5.74) is -1.44. The molecule has 2 amide bonds. The molecule has 2 aromatic heterocycles. The fourth-order valence-electron chi connectivity index (χ4n) is 3.24. The van der Waals surface area contributed by atoms with E-state index >= 15 is 0 Å². The van der Waals surface area contributed by atoms with Crippen molar-refractivity contribution in [1.29, 1.82) is 0 Å². The van der Waals surface area contributed by atoms with Gasteiger partial charge in [-0.15, -0.1) is 0 Å². The number of aromatic nitrogens is 2. The Bertz CT molecular complexity index is 1260. The lowest BCUT2D eigenvalue weighted by atomic mass is 10.2. The van der Waals surface area contributed by atoms with Gasteiger partial charge in [0.05, 0.1) is 18.4 Å². The van der Waals surface area contributed by atoms with Gasteiger partial charge in [-0.3, -0.25) is 14.6 Å². The zero-order chi connectivity index (χ0) is 25.2. The van der Waals surface area contributed by atoms with E-state index in [2.05, 4.69) is 20.6 Å². The summed E-state index contributed by atoms with van der Waals surface area (Å²) in [5.74, 6) is -1.82. The van der Waals surface area contributed by atoms with Gasteiger partial charge in [-0.05, 0) is 55.3 Å². The molecule has 1 aliphatic rings. The minimum Gasteiger partial charge on any atom is -0.508 e. The molecule has 0 aliphatic heterocycles. The Labute approximate surface area is 202 Å². The summed E-state index contributed by atoms with van der Waals surface area (Å²) in [5, 5.41) is 14.9. The maximum atomic E-state index is 13.2. The molecule has 0 spiro atoms. The lowest BCUT2D eigenvalue weighted by Gasteiger charge is -2.17. The Morgan fingerprint density at radius 1 is 1.11 bits per heavy atom. The van der Waals surface area contributed by atoms with Crippen molar-refractivity contribution in [1.82, 2.24) is 20.6 Å². The number of pyridine rings is 2. The van der Waals surface area contributed by atoms with E-state index in [0.29, 0.717) is 24.6 Å². The molecule has 1 aliphatic carbocycles. The fourth-order valence-corrected chi connectivity index (χ4v) is 3.41. The Balaban J connectivity index is 1.35. The van der Waals surface area contributed by atoms with Crippen molar-refractivity contribution in [2.24, 2.45) is 0 Å². The molecule has 0 atom stereocenters. The summed E-state index contributed by atoms with van der Waals surface area (Å²) in [4.78, 5) is 33.0. The molecular weight excluding hydrogens is 489 g/mol. The fraction of sp³-hybridized carbons (Fsp3) is 0.217. The van der Waals surface area contributed by atoms with Gasteiger partial charge in [-0.2, -0.15) is 13.2 Å². The summed E-state index contributed by atoms with van der Waals surface area (Å²) in [7, 11) is 0. The molecule has 0 bridgehead atoms. The minimum absolute atomic E-state index is 0.0326. The number of phenols is 1. The third-order valence-corrected chi connectivity index (χ3v) is 5.46. The summed E-state index contributed by atoms with van der Waals surface area (Å²) >= 11 is 5.80. The summed E-state index contributed by atoms with van der Waals surface area (Å²) in [6.45, 7) is 0.0326. The second-order valence-electron chi connectivity index (χ2n) is 7.85. The number of carbonyl (C=O) groups is 2. The van der Waals surface area contributed by atoms with Crippen molar-refractivity contribution in [2.75, 3.05) is 0 Å². The number of aromatic hydroxyl groups is 1. The smallest absolute Gasteiger partial charge is 0.420 e. The molecule has 4 rings (SSSR count). The molecule has 12 heteroatoms.